The summed E-state index contributed by atoms with van der Waals surface area (Å²) in [7, 11) is 0. The highest BCUT2D eigenvalue weighted by molar-refractivity contribution is 5.75. The van der Waals surface area contributed by atoms with Gasteiger partial charge in [0.15, 0.2) is 12.1 Å². The fourth-order valence-electron chi connectivity index (χ4n) is 1.68. The van der Waals surface area contributed by atoms with Crippen molar-refractivity contribution in [2.75, 3.05) is 0 Å². The van der Waals surface area contributed by atoms with Gasteiger partial charge in [-0.25, -0.2) is 4.40 Å². The molecule has 2 aromatic rings. The molecule has 0 fully saturated rings. The van der Waals surface area contributed by atoms with Crippen molar-refractivity contribution < 1.29 is 9.32 Å². The Hall–Kier alpha value is -1.65. The van der Waals surface area contributed by atoms with Gasteiger partial charge < -0.3 is 4.52 Å². The lowest BCUT2D eigenvalue weighted by atomic mass is 9.92. The summed E-state index contributed by atoms with van der Waals surface area (Å²) in [6, 6.07) is 0. The monoisotopic (exact) mass is 221 g/mol. The van der Waals surface area contributed by atoms with E-state index in [1.807, 2.05) is 0 Å². The average Bonchev–Trinajstić information content (AvgIpc) is 2.63. The van der Waals surface area contributed by atoms with Gasteiger partial charge in [0, 0.05) is 6.42 Å². The molecule has 0 atom stereocenters. The zero-order chi connectivity index (χ0) is 11.9. The summed E-state index contributed by atoms with van der Waals surface area (Å²) < 4.78 is 6.79. The quantitative estimate of drug-likeness (QED) is 0.728. The van der Waals surface area contributed by atoms with E-state index < -0.39 is 0 Å². The lowest BCUT2D eigenvalue weighted by molar-refractivity contribution is 0.111. The first kappa shape index (κ1) is 10.9. The van der Waals surface area contributed by atoms with Gasteiger partial charge in [0.05, 0.1) is 5.69 Å². The molecule has 0 radical (unpaired) electrons. The summed E-state index contributed by atoms with van der Waals surface area (Å²) in [6.45, 7) is 8.11. The Bertz CT molecular complexity index is 531. The molecule has 5 heteroatoms. The maximum Gasteiger partial charge on any atom is 0.332 e. The van der Waals surface area contributed by atoms with Crippen LogP contribution >= 0.6 is 0 Å². The minimum absolute atomic E-state index is 0.0854. The van der Waals surface area contributed by atoms with Gasteiger partial charge >= 0.3 is 5.84 Å². The van der Waals surface area contributed by atoms with Crippen molar-refractivity contribution >= 4 is 12.1 Å². The van der Waals surface area contributed by atoms with Gasteiger partial charge in [0.2, 0.25) is 0 Å². The summed E-state index contributed by atoms with van der Waals surface area (Å²) in [5.74, 6) is 1.13. The van der Waals surface area contributed by atoms with Crippen molar-refractivity contribution in [3.63, 3.8) is 0 Å². The highest BCUT2D eigenvalue weighted by Crippen LogP contribution is 2.22. The van der Waals surface area contributed by atoms with Crippen LogP contribution in [0.15, 0.2) is 4.52 Å². The van der Waals surface area contributed by atoms with Crippen molar-refractivity contribution in [3.05, 3.63) is 17.2 Å². The molecule has 0 bridgehead atoms. The van der Waals surface area contributed by atoms with Crippen LogP contribution in [0.5, 0.6) is 0 Å². The Kier molecular flexibility index (Phi) is 2.33. The van der Waals surface area contributed by atoms with Crippen molar-refractivity contribution in [1.29, 1.82) is 0 Å². The fraction of sp³-hybridized carbons (Fsp3) is 0.545. The Morgan fingerprint density at radius 3 is 2.69 bits per heavy atom. The van der Waals surface area contributed by atoms with Gasteiger partial charge in [-0.15, -0.1) is 0 Å². The molecule has 16 heavy (non-hydrogen) atoms. The number of aromatic nitrogens is 3. The number of imidazole rings is 1. The summed E-state index contributed by atoms with van der Waals surface area (Å²) >= 11 is 0. The maximum atomic E-state index is 11.0. The highest BCUT2D eigenvalue weighted by Gasteiger charge is 2.21. The molecular weight excluding hydrogens is 206 g/mol. The maximum absolute atomic E-state index is 11.0. The van der Waals surface area contributed by atoms with E-state index in [-0.39, 0.29) is 5.41 Å². The minimum atomic E-state index is 0.0854. The number of nitrogens with zero attached hydrogens (tertiary/aromatic N) is 3. The molecule has 0 aliphatic heterocycles. The Morgan fingerprint density at radius 1 is 1.44 bits per heavy atom. The molecule has 2 heterocycles. The number of aldehydes is 1. The molecule has 0 spiro atoms. The molecule has 0 saturated heterocycles. The summed E-state index contributed by atoms with van der Waals surface area (Å²) in [5, 5.41) is 3.96. The van der Waals surface area contributed by atoms with Crippen LogP contribution in [0, 0.1) is 12.3 Å². The standard InChI is InChI=1S/C11H15N3O2/c1-7-8(6-15)14-9(5-11(2,3)4)13-16-10(14)12-7/h6H,5H2,1-4H3. The fourth-order valence-corrected chi connectivity index (χ4v) is 1.68. The van der Waals surface area contributed by atoms with Gasteiger partial charge in [-0.2, -0.15) is 4.98 Å². The molecule has 0 amide bonds. The number of fused-ring (bicyclic) bond motifs is 1. The van der Waals surface area contributed by atoms with Crippen molar-refractivity contribution in [1.82, 2.24) is 14.5 Å². The van der Waals surface area contributed by atoms with Crippen LogP contribution in [0.2, 0.25) is 0 Å². The zero-order valence-corrected chi connectivity index (χ0v) is 9.94. The Morgan fingerprint density at radius 2 is 2.12 bits per heavy atom. The smallest absolute Gasteiger partial charge is 0.315 e. The van der Waals surface area contributed by atoms with Gasteiger partial charge in [0.25, 0.3) is 0 Å². The van der Waals surface area contributed by atoms with Gasteiger partial charge in [0.1, 0.15) is 5.69 Å². The van der Waals surface area contributed by atoms with Gasteiger partial charge in [-0.05, 0) is 12.3 Å². The molecular formula is C11H15N3O2. The third kappa shape index (κ3) is 1.73. The van der Waals surface area contributed by atoms with E-state index in [0.717, 1.165) is 18.5 Å². The molecule has 0 aliphatic carbocycles. The second kappa shape index (κ2) is 3.43. The van der Waals surface area contributed by atoms with Crippen LogP contribution in [-0.4, -0.2) is 20.8 Å². The molecule has 2 aromatic heterocycles. The first-order valence-electron chi connectivity index (χ1n) is 5.21. The van der Waals surface area contributed by atoms with E-state index in [0.29, 0.717) is 17.2 Å². The second-order valence-electron chi connectivity index (χ2n) is 5.15. The van der Waals surface area contributed by atoms with Crippen molar-refractivity contribution in [2.45, 2.75) is 34.1 Å². The molecule has 86 valence electrons. The molecule has 0 saturated carbocycles. The average molecular weight is 221 g/mol. The van der Waals surface area contributed by atoms with Crippen LogP contribution in [0.1, 0.15) is 42.8 Å². The van der Waals surface area contributed by atoms with E-state index in [1.54, 1.807) is 11.3 Å². The summed E-state index contributed by atoms with van der Waals surface area (Å²) in [6.07, 6.45) is 1.52. The molecule has 2 rings (SSSR count). The van der Waals surface area contributed by atoms with E-state index in [4.69, 9.17) is 4.52 Å². The number of carbonyl (C=O) groups excluding carboxylic acids is 1. The Labute approximate surface area is 93.5 Å². The van der Waals surface area contributed by atoms with Crippen molar-refractivity contribution in [2.24, 2.45) is 5.41 Å². The van der Waals surface area contributed by atoms with Crippen LogP contribution in [-0.2, 0) is 6.42 Å². The minimum Gasteiger partial charge on any atom is -0.315 e. The number of carbonyl (C=O) groups is 1. The van der Waals surface area contributed by atoms with Crippen LogP contribution in [0.3, 0.4) is 0 Å². The third-order valence-electron chi connectivity index (χ3n) is 2.36. The number of rotatable bonds is 2. The van der Waals surface area contributed by atoms with E-state index in [9.17, 15) is 4.79 Å². The lowest BCUT2D eigenvalue weighted by Gasteiger charge is -2.15. The SMILES string of the molecule is Cc1nc2onc(CC(C)(C)C)n2c1C=O. The number of aryl methyl sites for hydroxylation is 1. The van der Waals surface area contributed by atoms with Gasteiger partial charge in [-0.3, -0.25) is 4.79 Å². The Balaban J connectivity index is 2.58. The summed E-state index contributed by atoms with van der Waals surface area (Å²) in [4.78, 5) is 15.1. The highest BCUT2D eigenvalue weighted by atomic mass is 16.5. The van der Waals surface area contributed by atoms with E-state index in [1.165, 1.54) is 0 Å². The molecule has 0 unspecified atom stereocenters. The summed E-state index contributed by atoms with van der Waals surface area (Å²) in [5.41, 5.74) is 1.28. The topological polar surface area (TPSA) is 60.4 Å². The molecule has 5 nitrogen and oxygen atoms in total. The molecule has 0 aromatic carbocycles. The number of hydrogen-bond acceptors (Lipinski definition) is 4. The first-order chi connectivity index (χ1) is 7.42. The van der Waals surface area contributed by atoms with Crippen LogP contribution < -0.4 is 0 Å². The predicted molar refractivity (Wildman–Crippen MR) is 58.5 cm³/mol. The van der Waals surface area contributed by atoms with Crippen LogP contribution in [0.4, 0.5) is 0 Å². The lowest BCUT2D eigenvalue weighted by Crippen LogP contribution is -2.12. The zero-order valence-electron chi connectivity index (χ0n) is 9.94. The first-order valence-corrected chi connectivity index (χ1v) is 5.21. The third-order valence-corrected chi connectivity index (χ3v) is 2.36. The molecule has 0 aliphatic rings. The van der Waals surface area contributed by atoms with Gasteiger partial charge in [-0.1, -0.05) is 25.9 Å². The predicted octanol–water partition coefficient (Wildman–Crippen LogP) is 2.03. The largest absolute Gasteiger partial charge is 0.332 e. The second-order valence-corrected chi connectivity index (χ2v) is 5.15. The van der Waals surface area contributed by atoms with Crippen LogP contribution in [0.25, 0.3) is 5.84 Å². The molecule has 0 N–H and O–H groups in total. The normalized spacial score (nSPS) is 12.2. The van der Waals surface area contributed by atoms with E-state index >= 15 is 0 Å². The number of hydrogen-bond donors (Lipinski definition) is 0. The van der Waals surface area contributed by atoms with E-state index in [2.05, 4.69) is 30.9 Å². The van der Waals surface area contributed by atoms with Crippen molar-refractivity contribution in [3.8, 4) is 0 Å².